The molecule has 2 N–H and O–H groups in total. The van der Waals surface area contributed by atoms with Gasteiger partial charge < -0.3 is 15.0 Å². The Morgan fingerprint density at radius 3 is 2.96 bits per heavy atom. The summed E-state index contributed by atoms with van der Waals surface area (Å²) in [5.74, 6) is 0.224. The average molecular weight is 352 g/mol. The second-order valence-corrected chi connectivity index (χ2v) is 6.55. The predicted octanol–water partition coefficient (Wildman–Crippen LogP) is 2.40. The molecular formula is C19H20N4O3. The van der Waals surface area contributed by atoms with Crippen molar-refractivity contribution in [3.63, 3.8) is 0 Å². The van der Waals surface area contributed by atoms with Crippen molar-refractivity contribution in [1.29, 1.82) is 0 Å². The van der Waals surface area contributed by atoms with Gasteiger partial charge in [0.15, 0.2) is 0 Å². The maximum atomic E-state index is 12.7. The molecule has 3 aromatic rings. The van der Waals surface area contributed by atoms with Gasteiger partial charge in [-0.25, -0.2) is 0 Å². The van der Waals surface area contributed by atoms with Gasteiger partial charge in [0.1, 0.15) is 0 Å². The number of aromatic amines is 1. The zero-order valence-corrected chi connectivity index (χ0v) is 14.3. The second kappa shape index (κ2) is 7.13. The first-order chi connectivity index (χ1) is 12.7. The fourth-order valence-electron chi connectivity index (χ4n) is 3.31. The molecule has 134 valence electrons. The molecule has 0 unspecified atom stereocenters. The molecule has 1 aliphatic rings. The minimum atomic E-state index is -0.321. The number of carbonyl (C=O) groups excluding carboxylic acids is 1. The third-order valence-corrected chi connectivity index (χ3v) is 4.67. The highest BCUT2D eigenvalue weighted by molar-refractivity contribution is 6.12. The van der Waals surface area contributed by atoms with E-state index in [0.29, 0.717) is 28.1 Å². The third kappa shape index (κ3) is 3.52. The van der Waals surface area contributed by atoms with E-state index < -0.39 is 0 Å². The van der Waals surface area contributed by atoms with Crippen LogP contribution in [0.25, 0.3) is 10.9 Å². The van der Waals surface area contributed by atoms with Crippen molar-refractivity contribution in [3.8, 4) is 0 Å². The zero-order valence-electron chi connectivity index (χ0n) is 14.3. The number of pyridine rings is 1. The molecule has 26 heavy (non-hydrogen) atoms. The van der Waals surface area contributed by atoms with Gasteiger partial charge >= 0.3 is 0 Å². The molecule has 0 radical (unpaired) electrons. The number of hydrogen-bond acceptors (Lipinski definition) is 4. The molecule has 4 rings (SSSR count). The van der Waals surface area contributed by atoms with Crippen LogP contribution >= 0.6 is 0 Å². The highest BCUT2D eigenvalue weighted by Gasteiger charge is 2.16. The maximum absolute atomic E-state index is 12.7. The number of hydrogen-bond donors (Lipinski definition) is 2. The molecule has 3 heterocycles. The SMILES string of the molecule is O=C(Nc1cnn(CC2CCOCC2)c1)c1cc(=O)[nH]c2ccccc12. The Morgan fingerprint density at radius 2 is 2.12 bits per heavy atom. The summed E-state index contributed by atoms with van der Waals surface area (Å²) >= 11 is 0. The molecule has 1 saturated heterocycles. The topological polar surface area (TPSA) is 89.0 Å². The molecule has 2 aromatic heterocycles. The Morgan fingerprint density at radius 1 is 1.31 bits per heavy atom. The first-order valence-electron chi connectivity index (χ1n) is 8.73. The van der Waals surface area contributed by atoms with Gasteiger partial charge in [0.25, 0.3) is 5.91 Å². The van der Waals surface area contributed by atoms with E-state index in [4.69, 9.17) is 4.74 Å². The lowest BCUT2D eigenvalue weighted by molar-refractivity contribution is 0.0601. The summed E-state index contributed by atoms with van der Waals surface area (Å²) in [5.41, 5.74) is 1.30. The van der Waals surface area contributed by atoms with E-state index in [-0.39, 0.29) is 11.5 Å². The fraction of sp³-hybridized carbons (Fsp3) is 0.316. The van der Waals surface area contributed by atoms with Crippen LogP contribution in [0, 0.1) is 5.92 Å². The molecule has 0 aliphatic carbocycles. The number of nitrogens with zero attached hydrogens (tertiary/aromatic N) is 2. The van der Waals surface area contributed by atoms with Gasteiger partial charge in [0.05, 0.1) is 17.4 Å². The van der Waals surface area contributed by atoms with Crippen LogP contribution in [0.1, 0.15) is 23.2 Å². The lowest BCUT2D eigenvalue weighted by Gasteiger charge is -2.21. The number of para-hydroxylation sites is 1. The Kier molecular flexibility index (Phi) is 4.53. The summed E-state index contributed by atoms with van der Waals surface area (Å²) < 4.78 is 7.22. The van der Waals surface area contributed by atoms with Gasteiger partial charge in [-0.3, -0.25) is 14.3 Å². The number of nitrogens with one attached hydrogen (secondary N) is 2. The fourth-order valence-corrected chi connectivity index (χ4v) is 3.31. The van der Waals surface area contributed by atoms with Gasteiger partial charge in [0, 0.05) is 42.9 Å². The molecule has 0 spiro atoms. The summed E-state index contributed by atoms with van der Waals surface area (Å²) in [7, 11) is 0. The van der Waals surface area contributed by atoms with Gasteiger partial charge in [-0.1, -0.05) is 18.2 Å². The van der Waals surface area contributed by atoms with Gasteiger partial charge in [-0.05, 0) is 24.8 Å². The molecule has 1 aromatic carbocycles. The monoisotopic (exact) mass is 352 g/mol. The van der Waals surface area contributed by atoms with E-state index in [2.05, 4.69) is 15.4 Å². The highest BCUT2D eigenvalue weighted by atomic mass is 16.5. The Hall–Kier alpha value is -2.93. The van der Waals surface area contributed by atoms with Crippen molar-refractivity contribution in [2.24, 2.45) is 5.92 Å². The minimum Gasteiger partial charge on any atom is -0.381 e. The predicted molar refractivity (Wildman–Crippen MR) is 98.3 cm³/mol. The van der Waals surface area contributed by atoms with E-state index in [9.17, 15) is 9.59 Å². The Labute approximate surface area is 150 Å². The molecule has 0 saturated carbocycles. The smallest absolute Gasteiger partial charge is 0.256 e. The van der Waals surface area contributed by atoms with Crippen LogP contribution in [0.5, 0.6) is 0 Å². The van der Waals surface area contributed by atoms with Crippen molar-refractivity contribution >= 4 is 22.5 Å². The summed E-state index contributed by atoms with van der Waals surface area (Å²) in [5, 5.41) is 7.87. The molecule has 0 atom stereocenters. The molecular weight excluding hydrogens is 332 g/mol. The lowest BCUT2D eigenvalue weighted by Crippen LogP contribution is -2.20. The summed E-state index contributed by atoms with van der Waals surface area (Å²) in [6.07, 6.45) is 5.51. The maximum Gasteiger partial charge on any atom is 0.256 e. The van der Waals surface area contributed by atoms with Gasteiger partial charge in [0.2, 0.25) is 5.56 Å². The molecule has 7 nitrogen and oxygen atoms in total. The average Bonchev–Trinajstić information content (AvgIpc) is 3.08. The number of aromatic nitrogens is 3. The summed E-state index contributed by atoms with van der Waals surface area (Å²) in [6.45, 7) is 2.41. The van der Waals surface area contributed by atoms with Crippen molar-refractivity contribution in [2.45, 2.75) is 19.4 Å². The number of H-pyrrole nitrogens is 1. The molecule has 0 bridgehead atoms. The number of benzene rings is 1. The van der Waals surface area contributed by atoms with Gasteiger partial charge in [-0.2, -0.15) is 5.10 Å². The zero-order chi connectivity index (χ0) is 17.9. The van der Waals surface area contributed by atoms with Crippen LogP contribution in [-0.4, -0.2) is 33.9 Å². The van der Waals surface area contributed by atoms with Crippen LogP contribution < -0.4 is 10.9 Å². The number of fused-ring (bicyclic) bond motifs is 1. The quantitative estimate of drug-likeness (QED) is 0.755. The van der Waals surface area contributed by atoms with Crippen molar-refractivity contribution in [1.82, 2.24) is 14.8 Å². The standard InChI is InChI=1S/C19H20N4O3/c24-18-9-16(15-3-1-2-4-17(15)22-18)19(25)21-14-10-20-23(12-14)11-13-5-7-26-8-6-13/h1-4,9-10,12-13H,5-8,11H2,(H,21,25)(H,22,24). The van der Waals surface area contributed by atoms with Crippen molar-refractivity contribution in [3.05, 3.63) is 58.6 Å². The summed E-state index contributed by atoms with van der Waals surface area (Å²) in [4.78, 5) is 27.2. The van der Waals surface area contributed by atoms with Crippen LogP contribution in [0.15, 0.2) is 47.5 Å². The Balaban J connectivity index is 1.51. The minimum absolute atomic E-state index is 0.302. The first-order valence-corrected chi connectivity index (χ1v) is 8.73. The lowest BCUT2D eigenvalue weighted by atomic mass is 10.0. The second-order valence-electron chi connectivity index (χ2n) is 6.55. The summed E-state index contributed by atoms with van der Waals surface area (Å²) in [6, 6.07) is 8.57. The number of amides is 1. The molecule has 1 amide bonds. The van der Waals surface area contributed by atoms with E-state index in [0.717, 1.165) is 32.6 Å². The molecule has 1 fully saturated rings. The number of rotatable bonds is 4. The van der Waals surface area contributed by atoms with Crippen LogP contribution in [0.3, 0.4) is 0 Å². The van der Waals surface area contributed by atoms with Crippen LogP contribution in [-0.2, 0) is 11.3 Å². The van der Waals surface area contributed by atoms with E-state index in [1.807, 2.05) is 29.1 Å². The normalized spacial score (nSPS) is 15.2. The Bertz CT molecular complexity index is 986. The van der Waals surface area contributed by atoms with Crippen molar-refractivity contribution < 1.29 is 9.53 Å². The number of ether oxygens (including phenoxy) is 1. The van der Waals surface area contributed by atoms with E-state index >= 15 is 0 Å². The molecule has 7 heteroatoms. The van der Waals surface area contributed by atoms with Crippen LogP contribution in [0.4, 0.5) is 5.69 Å². The van der Waals surface area contributed by atoms with Crippen LogP contribution in [0.2, 0.25) is 0 Å². The van der Waals surface area contributed by atoms with Crippen molar-refractivity contribution in [2.75, 3.05) is 18.5 Å². The number of anilines is 1. The van der Waals surface area contributed by atoms with E-state index in [1.54, 1.807) is 12.3 Å². The molecule has 1 aliphatic heterocycles. The van der Waals surface area contributed by atoms with E-state index in [1.165, 1.54) is 6.07 Å². The largest absolute Gasteiger partial charge is 0.381 e. The van der Waals surface area contributed by atoms with Gasteiger partial charge in [-0.15, -0.1) is 0 Å². The first kappa shape index (κ1) is 16.5. The third-order valence-electron chi connectivity index (χ3n) is 4.67. The highest BCUT2D eigenvalue weighted by Crippen LogP contribution is 2.19. The number of carbonyl (C=O) groups is 1.